The second-order valence-corrected chi connectivity index (χ2v) is 13.0. The van der Waals surface area contributed by atoms with Crippen molar-refractivity contribution in [2.75, 3.05) is 7.11 Å². The van der Waals surface area contributed by atoms with Gasteiger partial charge in [-0.25, -0.2) is 34.3 Å². The standard InChI is InChI=1S/C38H22F5N3O4S/c1-50-33(47)16-21-14-30(40)35(31(41)15-21)23-4-2-5-24(17-23)37-36(34-25(19-44)6-3-7-26(34)20-45)29-18-27(39)10-13-32(29)46(37)51(48,49)28-11-8-22(9-12-28)38(42)43/h2-15,17-18,38H,16H2,1H3. The van der Waals surface area contributed by atoms with E-state index in [2.05, 4.69) is 4.74 Å². The molecular weight excluding hydrogens is 689 g/mol. The first kappa shape index (κ1) is 34.5. The number of carbonyl (C=O) groups excluding carboxylic acids is 1. The number of fused-ring (bicyclic) bond motifs is 1. The average Bonchev–Trinajstić information content (AvgIpc) is 3.45. The highest BCUT2D eigenvalue weighted by Crippen LogP contribution is 2.46. The molecule has 0 unspecified atom stereocenters. The first-order valence-electron chi connectivity index (χ1n) is 15.0. The number of benzene rings is 5. The maximum atomic E-state index is 15.6. The zero-order valence-corrected chi connectivity index (χ0v) is 27.1. The third-order valence-corrected chi connectivity index (χ3v) is 9.94. The van der Waals surface area contributed by atoms with Crippen LogP contribution in [-0.4, -0.2) is 25.5 Å². The molecule has 6 aromatic rings. The SMILES string of the molecule is COC(=O)Cc1cc(F)c(-c2cccc(-c3c(-c4c(C#N)cccc4C#N)c4cc(F)ccc4n3S(=O)(=O)c3ccc(C(F)F)cc3)c2)c(F)c1. The van der Waals surface area contributed by atoms with Gasteiger partial charge in [-0.2, -0.15) is 10.5 Å². The lowest BCUT2D eigenvalue weighted by Crippen LogP contribution is -2.14. The van der Waals surface area contributed by atoms with Gasteiger partial charge in [-0.15, -0.1) is 0 Å². The van der Waals surface area contributed by atoms with Crippen LogP contribution in [0.4, 0.5) is 22.0 Å². The summed E-state index contributed by atoms with van der Waals surface area (Å²) in [4.78, 5) is 11.3. The number of hydrogen-bond acceptors (Lipinski definition) is 6. The molecule has 6 rings (SSSR count). The Bertz CT molecular complexity index is 2520. The fraction of sp³-hybridized carbons (Fsp3) is 0.0789. The highest BCUT2D eigenvalue weighted by molar-refractivity contribution is 7.90. The van der Waals surface area contributed by atoms with Crippen molar-refractivity contribution in [2.45, 2.75) is 17.7 Å². The van der Waals surface area contributed by atoms with Gasteiger partial charge in [0.25, 0.3) is 16.4 Å². The molecule has 254 valence electrons. The minimum atomic E-state index is -4.75. The molecule has 0 saturated carbocycles. The van der Waals surface area contributed by atoms with E-state index in [9.17, 15) is 32.5 Å². The van der Waals surface area contributed by atoms with Gasteiger partial charge in [0.1, 0.15) is 17.5 Å². The average molecular weight is 712 g/mol. The zero-order valence-electron chi connectivity index (χ0n) is 26.3. The smallest absolute Gasteiger partial charge is 0.309 e. The molecular formula is C38H22F5N3O4S. The number of methoxy groups -OCH3 is 1. The first-order valence-corrected chi connectivity index (χ1v) is 16.4. The van der Waals surface area contributed by atoms with Gasteiger partial charge in [-0.1, -0.05) is 36.4 Å². The normalized spacial score (nSPS) is 11.4. The summed E-state index contributed by atoms with van der Waals surface area (Å²) in [5.41, 5.74) is -1.53. The topological polar surface area (TPSA) is 113 Å². The highest BCUT2D eigenvalue weighted by atomic mass is 32.2. The number of halogens is 5. The Morgan fingerprint density at radius 1 is 0.784 bits per heavy atom. The van der Waals surface area contributed by atoms with E-state index in [4.69, 9.17) is 0 Å². The molecule has 0 saturated heterocycles. The molecule has 5 aromatic carbocycles. The molecule has 0 spiro atoms. The zero-order chi connectivity index (χ0) is 36.6. The summed E-state index contributed by atoms with van der Waals surface area (Å²) in [7, 11) is -3.62. The second kappa shape index (κ2) is 13.5. The van der Waals surface area contributed by atoms with Crippen LogP contribution in [0, 0.1) is 40.1 Å². The molecule has 0 bridgehead atoms. The van der Waals surface area contributed by atoms with Crippen LogP contribution in [0.5, 0.6) is 0 Å². The van der Waals surface area contributed by atoms with Crippen molar-refractivity contribution in [3.63, 3.8) is 0 Å². The Hall–Kier alpha value is -6.31. The van der Waals surface area contributed by atoms with E-state index in [0.29, 0.717) is 0 Å². The van der Waals surface area contributed by atoms with Crippen molar-refractivity contribution in [3.8, 4) is 45.6 Å². The Balaban J connectivity index is 1.73. The highest BCUT2D eigenvalue weighted by Gasteiger charge is 2.31. The predicted octanol–water partition coefficient (Wildman–Crippen LogP) is 8.69. The lowest BCUT2D eigenvalue weighted by atomic mass is 9.90. The Kier molecular flexibility index (Phi) is 9.17. The minimum absolute atomic E-state index is 0.00212. The van der Waals surface area contributed by atoms with Crippen LogP contribution in [0.1, 0.15) is 28.7 Å². The van der Waals surface area contributed by atoms with Crippen LogP contribution >= 0.6 is 0 Å². The lowest BCUT2D eigenvalue weighted by Gasteiger charge is -2.16. The van der Waals surface area contributed by atoms with Crippen LogP contribution in [0.2, 0.25) is 0 Å². The number of nitrogens with zero attached hydrogens (tertiary/aromatic N) is 3. The van der Waals surface area contributed by atoms with E-state index in [1.54, 1.807) is 0 Å². The van der Waals surface area contributed by atoms with Crippen LogP contribution in [0.3, 0.4) is 0 Å². The molecule has 13 heteroatoms. The summed E-state index contributed by atoms with van der Waals surface area (Å²) in [5.74, 6) is -3.59. The summed E-state index contributed by atoms with van der Waals surface area (Å²) >= 11 is 0. The number of nitriles is 2. The molecule has 51 heavy (non-hydrogen) atoms. The molecule has 0 amide bonds. The van der Waals surface area contributed by atoms with Crippen molar-refractivity contribution in [3.05, 3.63) is 137 Å². The third-order valence-electron chi connectivity index (χ3n) is 8.21. The van der Waals surface area contributed by atoms with E-state index in [1.807, 2.05) is 12.1 Å². The van der Waals surface area contributed by atoms with Gasteiger partial charge >= 0.3 is 5.97 Å². The molecule has 0 aliphatic heterocycles. The Morgan fingerprint density at radius 3 is 1.98 bits per heavy atom. The third kappa shape index (κ3) is 6.20. The lowest BCUT2D eigenvalue weighted by molar-refractivity contribution is -0.139. The molecule has 0 fully saturated rings. The summed E-state index contributed by atoms with van der Waals surface area (Å²) in [6.07, 6.45) is -3.29. The summed E-state index contributed by atoms with van der Waals surface area (Å²) < 4.78 is 107. The van der Waals surface area contributed by atoms with Crippen LogP contribution in [0.25, 0.3) is 44.4 Å². The van der Waals surface area contributed by atoms with Crippen LogP contribution in [-0.2, 0) is 26.0 Å². The monoisotopic (exact) mass is 711 g/mol. The summed E-state index contributed by atoms with van der Waals surface area (Å²) in [6, 6.07) is 22.6. The molecule has 0 N–H and O–H groups in total. The van der Waals surface area contributed by atoms with Crippen molar-refractivity contribution in [1.82, 2.24) is 3.97 Å². The molecule has 1 heterocycles. The van der Waals surface area contributed by atoms with Crippen LogP contribution < -0.4 is 0 Å². The predicted molar refractivity (Wildman–Crippen MR) is 177 cm³/mol. The molecule has 7 nitrogen and oxygen atoms in total. The fourth-order valence-electron chi connectivity index (χ4n) is 5.96. The van der Waals surface area contributed by atoms with Gasteiger partial charge in [0, 0.05) is 27.6 Å². The van der Waals surface area contributed by atoms with E-state index < -0.39 is 62.3 Å². The number of carbonyl (C=O) groups is 1. The van der Waals surface area contributed by atoms with Crippen molar-refractivity contribution < 1.29 is 39.9 Å². The van der Waals surface area contributed by atoms with E-state index >= 15 is 13.2 Å². The number of ether oxygens (including phenoxy) is 1. The quantitative estimate of drug-likeness (QED) is 0.115. The van der Waals surface area contributed by atoms with Crippen LogP contribution in [0.15, 0.2) is 102 Å². The second-order valence-electron chi connectivity index (χ2n) is 11.2. The van der Waals surface area contributed by atoms with Crippen molar-refractivity contribution in [1.29, 1.82) is 10.5 Å². The van der Waals surface area contributed by atoms with Gasteiger partial charge in [-0.05, 0) is 71.8 Å². The molecule has 0 atom stereocenters. The maximum absolute atomic E-state index is 15.6. The summed E-state index contributed by atoms with van der Waals surface area (Å²) in [5, 5.41) is 20.2. The number of alkyl halides is 2. The molecule has 1 aromatic heterocycles. The number of hydrogen-bond donors (Lipinski definition) is 0. The molecule has 0 radical (unpaired) electrons. The van der Waals surface area contributed by atoms with Crippen molar-refractivity contribution in [2.24, 2.45) is 0 Å². The fourth-order valence-corrected chi connectivity index (χ4v) is 7.51. The summed E-state index contributed by atoms with van der Waals surface area (Å²) in [6.45, 7) is 0. The van der Waals surface area contributed by atoms with E-state index in [0.717, 1.165) is 59.6 Å². The van der Waals surface area contributed by atoms with E-state index in [1.165, 1.54) is 48.5 Å². The molecule has 0 aliphatic carbocycles. The van der Waals surface area contributed by atoms with E-state index in [-0.39, 0.29) is 55.5 Å². The van der Waals surface area contributed by atoms with Gasteiger partial charge in [0.05, 0.1) is 58.5 Å². The minimum Gasteiger partial charge on any atom is -0.469 e. The molecule has 0 aliphatic rings. The van der Waals surface area contributed by atoms with Gasteiger partial charge in [0.2, 0.25) is 0 Å². The largest absolute Gasteiger partial charge is 0.469 e. The van der Waals surface area contributed by atoms with Crippen molar-refractivity contribution >= 4 is 26.9 Å². The van der Waals surface area contributed by atoms with Gasteiger partial charge in [0.15, 0.2) is 0 Å². The Morgan fingerprint density at radius 2 is 1.39 bits per heavy atom. The number of esters is 1. The van der Waals surface area contributed by atoms with Gasteiger partial charge < -0.3 is 4.74 Å². The number of rotatable bonds is 8. The number of aromatic nitrogens is 1. The van der Waals surface area contributed by atoms with Gasteiger partial charge in [-0.3, -0.25) is 4.79 Å². The first-order chi connectivity index (χ1) is 24.4. The maximum Gasteiger partial charge on any atom is 0.309 e. The Labute approximate surface area is 288 Å².